The topological polar surface area (TPSA) is 24.9 Å². The molecule has 1 aromatic rings. The van der Waals surface area contributed by atoms with E-state index in [1.165, 1.54) is 25.3 Å². The molecule has 0 aromatic carbocycles. The first-order chi connectivity index (χ1) is 8.05. The van der Waals surface area contributed by atoms with Crippen molar-refractivity contribution < 1.29 is 13.2 Å². The van der Waals surface area contributed by atoms with Crippen molar-refractivity contribution in [1.82, 2.24) is 10.3 Å². The van der Waals surface area contributed by atoms with Gasteiger partial charge in [0.05, 0.1) is 0 Å². The van der Waals surface area contributed by atoms with Crippen LogP contribution < -0.4 is 5.32 Å². The van der Waals surface area contributed by atoms with Gasteiger partial charge in [-0.1, -0.05) is 12.5 Å². The maximum atomic E-state index is 12.4. The van der Waals surface area contributed by atoms with Gasteiger partial charge in [0.25, 0.3) is 0 Å². The molecule has 0 bridgehead atoms. The standard InChI is InChI=1S/C12H15F3N2.CH3.Es/c13-12(14,15)11-6-2-5-10(17-11)7-8-16-9-3-1-4-9;;/h2,5-6,9,16H,1,3-4,7-8H2;1H3;/q;-1;. The number of nitrogens with zero attached hydrogens (tertiary/aromatic N) is 1. The summed E-state index contributed by atoms with van der Waals surface area (Å²) in [6.45, 7) is 0.693. The molecule has 1 aliphatic carbocycles. The minimum atomic E-state index is -4.35. The van der Waals surface area contributed by atoms with Gasteiger partial charge < -0.3 is 12.7 Å². The third-order valence-corrected chi connectivity index (χ3v) is 3.02. The van der Waals surface area contributed by atoms with Crippen LogP contribution in [0.5, 0.6) is 0 Å². The predicted octanol–water partition coefficient (Wildman–Crippen LogP) is 3.24. The quantitative estimate of drug-likeness (QED) is 0.629. The number of rotatable bonds is 4. The van der Waals surface area contributed by atoms with Gasteiger partial charge in [0.2, 0.25) is 0 Å². The summed E-state index contributed by atoms with van der Waals surface area (Å²) < 4.78 is 37.2. The second kappa shape index (κ2) is 6.73. The Hall–Kier alpha value is -2.10. The molecule has 0 amide bonds. The van der Waals surface area contributed by atoms with Gasteiger partial charge >= 0.3 is 6.18 Å². The molecule has 1 fully saturated rings. The molecule has 0 aliphatic heterocycles. The molecule has 1 N–H and O–H groups in total. The molecule has 6 heteroatoms. The largest absolute Gasteiger partial charge is 0.433 e. The monoisotopic (exact) mass is 511 g/mol. The summed E-state index contributed by atoms with van der Waals surface area (Å²) in [5.41, 5.74) is -0.315. The molecule has 0 atom stereocenters. The Morgan fingerprint density at radius 1 is 1.26 bits per heavy atom. The van der Waals surface area contributed by atoms with Crippen molar-refractivity contribution in [2.75, 3.05) is 6.54 Å². The number of aromatic nitrogens is 1. The first kappa shape index (κ1) is 16.9. The average Bonchev–Trinajstić information content (AvgIpc) is 2.21. The molecule has 19 heavy (non-hydrogen) atoms. The average molecular weight is 511 g/mol. The van der Waals surface area contributed by atoms with Crippen LogP contribution in [-0.2, 0) is 12.6 Å². The molecular formula is C13H18EsF3N2-. The molecule has 0 saturated heterocycles. The van der Waals surface area contributed by atoms with Crippen LogP contribution in [0.25, 0.3) is 0 Å². The van der Waals surface area contributed by atoms with Crippen molar-refractivity contribution in [3.05, 3.63) is 37.0 Å². The summed E-state index contributed by atoms with van der Waals surface area (Å²) in [6.07, 6.45) is -0.205. The molecule has 1 saturated carbocycles. The van der Waals surface area contributed by atoms with Gasteiger partial charge in [-0.05, 0) is 25.0 Å². The summed E-state index contributed by atoms with van der Waals surface area (Å²) >= 11 is 0. The number of halogens is 3. The Morgan fingerprint density at radius 3 is 2.47 bits per heavy atom. The van der Waals surface area contributed by atoms with Crippen LogP contribution in [0.1, 0.15) is 30.7 Å². The van der Waals surface area contributed by atoms with E-state index in [0.717, 1.165) is 6.07 Å². The van der Waals surface area contributed by atoms with E-state index >= 15 is 0 Å². The first-order valence-corrected chi connectivity index (χ1v) is 5.82. The van der Waals surface area contributed by atoms with Crippen LogP contribution in [0.3, 0.4) is 0 Å². The van der Waals surface area contributed by atoms with Crippen LogP contribution in [0.15, 0.2) is 18.2 Å². The Bertz CT molecular complexity index is 378. The molecule has 0 spiro atoms. The Kier molecular flexibility index (Phi) is 5.99. The predicted molar refractivity (Wildman–Crippen MR) is 65.0 cm³/mol. The van der Waals surface area contributed by atoms with E-state index in [1.807, 2.05) is 0 Å². The van der Waals surface area contributed by atoms with Gasteiger partial charge in [0, 0.05) is 24.7 Å². The van der Waals surface area contributed by atoms with Crippen molar-refractivity contribution in [2.24, 2.45) is 0 Å². The summed E-state index contributed by atoms with van der Waals surface area (Å²) in [7, 11) is 0. The fourth-order valence-corrected chi connectivity index (χ4v) is 1.79. The molecule has 1 aromatic heterocycles. The van der Waals surface area contributed by atoms with Crippen molar-refractivity contribution in [1.29, 1.82) is 0 Å². The maximum Gasteiger partial charge on any atom is 0.433 e. The maximum absolute atomic E-state index is 12.4. The fourth-order valence-electron chi connectivity index (χ4n) is 1.79. The van der Waals surface area contributed by atoms with Gasteiger partial charge in [-0.15, -0.1) is 0 Å². The normalized spacial score (nSPS) is 15.1. The van der Waals surface area contributed by atoms with E-state index in [-0.39, 0.29) is 7.43 Å². The second-order valence-corrected chi connectivity index (χ2v) is 4.34. The number of hydrogen-bond donors (Lipinski definition) is 1. The second-order valence-electron chi connectivity index (χ2n) is 4.34. The van der Waals surface area contributed by atoms with Crippen LogP contribution >= 0.6 is 0 Å². The van der Waals surface area contributed by atoms with Crippen LogP contribution in [-0.4, -0.2) is 17.6 Å². The van der Waals surface area contributed by atoms with E-state index in [0.29, 0.717) is 24.7 Å². The summed E-state index contributed by atoms with van der Waals surface area (Å²) in [5.74, 6) is 0. The molecule has 2 rings (SSSR count). The van der Waals surface area contributed by atoms with Crippen LogP contribution in [0, 0.1) is 7.43 Å². The third-order valence-electron chi connectivity index (χ3n) is 3.02. The molecular weight excluding hydrogens is 493 g/mol. The van der Waals surface area contributed by atoms with Crippen molar-refractivity contribution in [3.63, 3.8) is 0 Å². The fraction of sp³-hybridized carbons (Fsp3) is 0.538. The van der Waals surface area contributed by atoms with Crippen molar-refractivity contribution >= 4 is 0 Å². The zero-order valence-electron chi connectivity index (χ0n) is 10.7. The van der Waals surface area contributed by atoms with E-state index in [1.54, 1.807) is 6.07 Å². The van der Waals surface area contributed by atoms with Gasteiger partial charge in [0.15, 0.2) is 0 Å². The Labute approximate surface area is 106 Å². The van der Waals surface area contributed by atoms with E-state index in [9.17, 15) is 13.2 Å². The van der Waals surface area contributed by atoms with Gasteiger partial charge in [-0.2, -0.15) is 13.2 Å². The summed E-state index contributed by atoms with van der Waals surface area (Å²) in [4.78, 5) is 3.62. The number of pyridine rings is 1. The smallest absolute Gasteiger partial charge is 0.358 e. The van der Waals surface area contributed by atoms with Gasteiger partial charge in [0.1, 0.15) is 5.69 Å². The van der Waals surface area contributed by atoms with Gasteiger partial charge in [-0.25, -0.2) is 4.98 Å². The van der Waals surface area contributed by atoms with Crippen LogP contribution in [0.4, 0.5) is 13.2 Å². The minimum absolute atomic E-state index is 0. The third kappa shape index (κ3) is 4.58. The minimum Gasteiger partial charge on any atom is -0.358 e. The van der Waals surface area contributed by atoms with E-state index in [2.05, 4.69) is 10.3 Å². The SMILES string of the molecule is FC(F)(F)c1cccc(CCNC2CCC2)n1.[CH3-].[Es]. The summed E-state index contributed by atoms with van der Waals surface area (Å²) in [5, 5.41) is 3.30. The zero-order valence-corrected chi connectivity index (χ0v) is 13.2. The number of alkyl halides is 3. The van der Waals surface area contributed by atoms with E-state index in [4.69, 9.17) is 0 Å². The van der Waals surface area contributed by atoms with Gasteiger partial charge in [-0.3, -0.25) is 0 Å². The van der Waals surface area contributed by atoms with Crippen molar-refractivity contribution in [2.45, 2.75) is 37.9 Å². The molecule has 2 nitrogen and oxygen atoms in total. The molecule has 113 valence electrons. The van der Waals surface area contributed by atoms with Crippen molar-refractivity contribution in [3.8, 4) is 0 Å². The Morgan fingerprint density at radius 2 is 1.95 bits per heavy atom. The molecule has 1 aliphatic rings. The molecule has 0 unspecified atom stereocenters. The first-order valence-electron chi connectivity index (χ1n) is 5.82. The number of nitrogens with one attached hydrogen (secondary N) is 1. The molecule has 1 radical (unpaired) electrons. The molecule has 1 heterocycles. The Balaban J connectivity index is 0.00000162. The van der Waals surface area contributed by atoms with E-state index < -0.39 is 11.9 Å². The summed E-state index contributed by atoms with van der Waals surface area (Å²) in [6, 6.07) is 4.61. The van der Waals surface area contributed by atoms with Crippen LogP contribution in [0.2, 0.25) is 0 Å². The number of hydrogen-bond acceptors (Lipinski definition) is 2. The zero-order chi connectivity index (χ0) is 12.3.